The fourth-order valence-corrected chi connectivity index (χ4v) is 2.17. The standard InChI is InChI=1S/C20H32O5/c1-19(2,10-13-23-5)25-14-11-20(3,4)24-12-6-7-16-8-9-17(21)18(22)15-16/h6-9,15,21-22H,10-14H2,1-5H3/b7-6+. The molecule has 1 aromatic carbocycles. The van der Waals surface area contributed by atoms with Gasteiger partial charge < -0.3 is 24.4 Å². The number of methoxy groups -OCH3 is 1. The Morgan fingerprint density at radius 2 is 1.56 bits per heavy atom. The average molecular weight is 352 g/mol. The average Bonchev–Trinajstić information content (AvgIpc) is 2.52. The second kappa shape index (κ2) is 9.80. The van der Waals surface area contributed by atoms with Gasteiger partial charge >= 0.3 is 0 Å². The molecule has 5 heteroatoms. The van der Waals surface area contributed by atoms with Crippen LogP contribution < -0.4 is 0 Å². The zero-order valence-electron chi connectivity index (χ0n) is 16.0. The van der Waals surface area contributed by atoms with Crippen molar-refractivity contribution >= 4 is 6.08 Å². The van der Waals surface area contributed by atoms with Crippen LogP contribution in [0.25, 0.3) is 6.08 Å². The lowest BCUT2D eigenvalue weighted by atomic mass is 10.0. The van der Waals surface area contributed by atoms with Crippen LogP contribution in [0.5, 0.6) is 11.5 Å². The molecule has 0 bridgehead atoms. The highest BCUT2D eigenvalue weighted by Crippen LogP contribution is 2.25. The van der Waals surface area contributed by atoms with Gasteiger partial charge in [0.1, 0.15) is 0 Å². The van der Waals surface area contributed by atoms with Gasteiger partial charge in [0.05, 0.1) is 24.4 Å². The molecule has 0 fully saturated rings. The van der Waals surface area contributed by atoms with Crippen molar-refractivity contribution in [3.8, 4) is 11.5 Å². The molecule has 0 heterocycles. The topological polar surface area (TPSA) is 68.2 Å². The largest absolute Gasteiger partial charge is 0.504 e. The van der Waals surface area contributed by atoms with Gasteiger partial charge in [-0.25, -0.2) is 0 Å². The van der Waals surface area contributed by atoms with Gasteiger partial charge in [-0.15, -0.1) is 0 Å². The maximum atomic E-state index is 9.47. The van der Waals surface area contributed by atoms with Crippen molar-refractivity contribution in [2.45, 2.75) is 51.7 Å². The molecule has 142 valence electrons. The van der Waals surface area contributed by atoms with Crippen LogP contribution in [-0.2, 0) is 14.2 Å². The lowest BCUT2D eigenvalue weighted by Crippen LogP contribution is -2.31. The van der Waals surface area contributed by atoms with E-state index < -0.39 is 0 Å². The Hall–Kier alpha value is -1.56. The number of rotatable bonds is 11. The van der Waals surface area contributed by atoms with Crippen molar-refractivity contribution in [3.05, 3.63) is 29.8 Å². The van der Waals surface area contributed by atoms with Gasteiger partial charge in [-0.2, -0.15) is 0 Å². The maximum absolute atomic E-state index is 9.47. The Morgan fingerprint density at radius 3 is 2.20 bits per heavy atom. The summed E-state index contributed by atoms with van der Waals surface area (Å²) in [6, 6.07) is 4.70. The van der Waals surface area contributed by atoms with Gasteiger partial charge in [0, 0.05) is 13.7 Å². The first-order valence-electron chi connectivity index (χ1n) is 8.61. The first kappa shape index (κ1) is 21.5. The molecule has 0 radical (unpaired) electrons. The van der Waals surface area contributed by atoms with Crippen molar-refractivity contribution in [2.24, 2.45) is 0 Å². The Kier molecular flexibility index (Phi) is 8.42. The highest BCUT2D eigenvalue weighted by molar-refractivity contribution is 5.55. The van der Waals surface area contributed by atoms with Crippen LogP contribution in [0.15, 0.2) is 24.3 Å². The highest BCUT2D eigenvalue weighted by atomic mass is 16.5. The molecule has 0 saturated heterocycles. The highest BCUT2D eigenvalue weighted by Gasteiger charge is 2.22. The molecular weight excluding hydrogens is 320 g/mol. The van der Waals surface area contributed by atoms with E-state index in [0.29, 0.717) is 19.8 Å². The molecule has 0 aromatic heterocycles. The van der Waals surface area contributed by atoms with E-state index in [-0.39, 0.29) is 22.7 Å². The van der Waals surface area contributed by atoms with Gasteiger partial charge in [0.15, 0.2) is 11.5 Å². The van der Waals surface area contributed by atoms with Gasteiger partial charge in [0.2, 0.25) is 0 Å². The third-order valence-corrected chi connectivity index (χ3v) is 3.99. The summed E-state index contributed by atoms with van der Waals surface area (Å²) in [5, 5.41) is 18.8. The third kappa shape index (κ3) is 8.91. The number of ether oxygens (including phenoxy) is 3. The molecule has 0 atom stereocenters. The minimum atomic E-state index is -0.293. The van der Waals surface area contributed by atoms with Gasteiger partial charge in [-0.3, -0.25) is 0 Å². The van der Waals surface area contributed by atoms with Crippen molar-refractivity contribution in [1.82, 2.24) is 0 Å². The van der Waals surface area contributed by atoms with Crippen LogP contribution >= 0.6 is 0 Å². The van der Waals surface area contributed by atoms with Crippen LogP contribution in [0, 0.1) is 0 Å². The summed E-state index contributed by atoms with van der Waals surface area (Å²) < 4.78 is 16.9. The lowest BCUT2D eigenvalue weighted by Gasteiger charge is -2.29. The smallest absolute Gasteiger partial charge is 0.157 e. The third-order valence-electron chi connectivity index (χ3n) is 3.99. The minimum Gasteiger partial charge on any atom is -0.504 e. The molecule has 0 unspecified atom stereocenters. The van der Waals surface area contributed by atoms with Crippen molar-refractivity contribution in [3.63, 3.8) is 0 Å². The van der Waals surface area contributed by atoms with E-state index in [4.69, 9.17) is 14.2 Å². The van der Waals surface area contributed by atoms with Crippen molar-refractivity contribution in [1.29, 1.82) is 0 Å². The van der Waals surface area contributed by atoms with E-state index >= 15 is 0 Å². The SMILES string of the molecule is COCCC(C)(C)OCCC(C)(C)OC/C=C/c1ccc(O)c(O)c1. The van der Waals surface area contributed by atoms with Gasteiger partial charge in [-0.1, -0.05) is 18.2 Å². The molecule has 1 rings (SSSR count). The Balaban J connectivity index is 2.34. The van der Waals surface area contributed by atoms with Crippen LogP contribution in [0.2, 0.25) is 0 Å². The zero-order valence-corrected chi connectivity index (χ0v) is 16.0. The van der Waals surface area contributed by atoms with Crippen LogP contribution in [0.3, 0.4) is 0 Å². The van der Waals surface area contributed by atoms with Gasteiger partial charge in [-0.05, 0) is 58.2 Å². The predicted octanol–water partition coefficient (Wildman–Crippen LogP) is 4.13. The number of hydrogen-bond acceptors (Lipinski definition) is 5. The quantitative estimate of drug-likeness (QED) is 0.586. The monoisotopic (exact) mass is 352 g/mol. The number of benzene rings is 1. The second-order valence-corrected chi connectivity index (χ2v) is 7.32. The van der Waals surface area contributed by atoms with Crippen LogP contribution in [0.1, 0.15) is 46.1 Å². The summed E-state index contributed by atoms with van der Waals surface area (Å²) in [4.78, 5) is 0. The minimum absolute atomic E-state index is 0.122. The first-order chi connectivity index (χ1) is 11.7. The molecule has 0 spiro atoms. The van der Waals surface area contributed by atoms with Crippen LogP contribution in [-0.4, -0.2) is 48.3 Å². The van der Waals surface area contributed by atoms with Crippen molar-refractivity contribution < 1.29 is 24.4 Å². The lowest BCUT2D eigenvalue weighted by molar-refractivity contribution is -0.0736. The van der Waals surface area contributed by atoms with E-state index in [2.05, 4.69) is 13.8 Å². The molecule has 0 saturated carbocycles. The van der Waals surface area contributed by atoms with E-state index in [1.807, 2.05) is 26.0 Å². The Morgan fingerprint density at radius 1 is 0.920 bits per heavy atom. The second-order valence-electron chi connectivity index (χ2n) is 7.32. The first-order valence-corrected chi connectivity index (χ1v) is 8.61. The molecule has 1 aromatic rings. The summed E-state index contributed by atoms with van der Waals surface area (Å²) in [5.74, 6) is -0.250. The molecule has 0 aliphatic carbocycles. The Labute approximate surface area is 151 Å². The normalized spacial score (nSPS) is 12.8. The number of phenols is 2. The summed E-state index contributed by atoms with van der Waals surface area (Å²) in [7, 11) is 1.69. The summed E-state index contributed by atoms with van der Waals surface area (Å²) in [6.45, 7) is 9.98. The molecule has 0 aliphatic rings. The fourth-order valence-electron chi connectivity index (χ4n) is 2.17. The molecule has 25 heavy (non-hydrogen) atoms. The van der Waals surface area contributed by atoms with Gasteiger partial charge in [0.25, 0.3) is 0 Å². The van der Waals surface area contributed by atoms with E-state index in [1.165, 1.54) is 12.1 Å². The Bertz CT molecular complexity index is 549. The summed E-state index contributed by atoms with van der Waals surface area (Å²) in [6.07, 6.45) is 5.38. The van der Waals surface area contributed by atoms with E-state index in [1.54, 1.807) is 13.2 Å². The number of hydrogen-bond donors (Lipinski definition) is 2. The summed E-state index contributed by atoms with van der Waals surface area (Å²) in [5.41, 5.74) is 0.311. The maximum Gasteiger partial charge on any atom is 0.157 e. The van der Waals surface area contributed by atoms with Crippen molar-refractivity contribution in [2.75, 3.05) is 26.9 Å². The fraction of sp³-hybridized carbons (Fsp3) is 0.600. The molecule has 0 amide bonds. The molecule has 5 nitrogen and oxygen atoms in total. The molecular formula is C20H32O5. The molecule has 0 aliphatic heterocycles. The summed E-state index contributed by atoms with van der Waals surface area (Å²) >= 11 is 0. The van der Waals surface area contributed by atoms with E-state index in [9.17, 15) is 10.2 Å². The predicted molar refractivity (Wildman–Crippen MR) is 100.0 cm³/mol. The number of phenolic OH excluding ortho intramolecular Hbond substituents is 2. The van der Waals surface area contributed by atoms with Crippen LogP contribution in [0.4, 0.5) is 0 Å². The zero-order chi connectivity index (χ0) is 18.9. The molecule has 2 N–H and O–H groups in total. The van der Waals surface area contributed by atoms with E-state index in [0.717, 1.165) is 18.4 Å². The number of aromatic hydroxyl groups is 2.